The van der Waals surface area contributed by atoms with E-state index in [0.29, 0.717) is 18.6 Å². The van der Waals surface area contributed by atoms with E-state index in [0.717, 1.165) is 32.1 Å². The molecule has 0 aromatic rings. The fourth-order valence-corrected chi connectivity index (χ4v) is 2.54. The van der Waals surface area contributed by atoms with Gasteiger partial charge in [0, 0.05) is 6.42 Å². The average molecular weight is 335 g/mol. The van der Waals surface area contributed by atoms with Crippen LogP contribution >= 0.6 is 0 Å². The molecule has 0 saturated carbocycles. The number of hydrogen-bond donors (Lipinski definition) is 0. The summed E-state index contributed by atoms with van der Waals surface area (Å²) in [6.07, 6.45) is 24.6. The molecule has 0 N–H and O–H groups in total. The molecule has 1 aliphatic heterocycles. The van der Waals surface area contributed by atoms with Gasteiger partial charge in [0.2, 0.25) is 0 Å². The van der Waals surface area contributed by atoms with Crippen LogP contribution in [0.5, 0.6) is 0 Å². The standard InChI is InChI=1S/C21H34O3/c1-3-4-5-6-7-8-9-10-13-16-19-20(24-19)17-14-11-12-15-18-21(22)23-2/h7-8,10-11,13-14,19-20H,3-6,9,12,15-18H2,1-2H3/b8-7+,13-10+,14-11-/t19-,20+/m0/s1. The minimum Gasteiger partial charge on any atom is -0.469 e. The largest absolute Gasteiger partial charge is 0.469 e. The van der Waals surface area contributed by atoms with Crippen molar-refractivity contribution < 1.29 is 14.3 Å². The number of methoxy groups -OCH3 is 1. The summed E-state index contributed by atoms with van der Waals surface area (Å²) in [4.78, 5) is 11.0. The molecule has 0 radical (unpaired) electrons. The zero-order valence-electron chi connectivity index (χ0n) is 15.4. The Morgan fingerprint density at radius 2 is 1.54 bits per heavy atom. The lowest BCUT2D eigenvalue weighted by Crippen LogP contribution is -1.98. The fraction of sp³-hybridized carbons (Fsp3) is 0.667. The van der Waals surface area contributed by atoms with Crippen LogP contribution in [-0.2, 0) is 14.3 Å². The highest BCUT2D eigenvalue weighted by Crippen LogP contribution is 2.29. The first-order valence-corrected chi connectivity index (χ1v) is 9.45. The van der Waals surface area contributed by atoms with Crippen molar-refractivity contribution in [2.24, 2.45) is 0 Å². The molecule has 1 rings (SSSR count). The number of rotatable bonds is 14. The zero-order chi connectivity index (χ0) is 17.5. The molecule has 24 heavy (non-hydrogen) atoms. The van der Waals surface area contributed by atoms with Crippen molar-refractivity contribution in [1.29, 1.82) is 0 Å². The quantitative estimate of drug-likeness (QED) is 0.182. The molecular formula is C21H34O3. The Morgan fingerprint density at radius 1 is 0.917 bits per heavy atom. The van der Waals surface area contributed by atoms with Gasteiger partial charge in [-0.15, -0.1) is 0 Å². The van der Waals surface area contributed by atoms with Crippen LogP contribution in [-0.4, -0.2) is 25.3 Å². The molecule has 3 heteroatoms. The molecule has 136 valence electrons. The van der Waals surface area contributed by atoms with Crippen LogP contribution in [0.3, 0.4) is 0 Å². The summed E-state index contributed by atoms with van der Waals surface area (Å²) in [6, 6.07) is 0. The van der Waals surface area contributed by atoms with E-state index in [9.17, 15) is 4.79 Å². The first-order valence-electron chi connectivity index (χ1n) is 9.45. The monoisotopic (exact) mass is 334 g/mol. The van der Waals surface area contributed by atoms with Crippen molar-refractivity contribution in [2.45, 2.75) is 83.3 Å². The molecule has 3 nitrogen and oxygen atoms in total. The van der Waals surface area contributed by atoms with E-state index < -0.39 is 0 Å². The Hall–Kier alpha value is -1.35. The van der Waals surface area contributed by atoms with E-state index >= 15 is 0 Å². The Balaban J connectivity index is 1.93. The summed E-state index contributed by atoms with van der Waals surface area (Å²) in [6.45, 7) is 2.24. The number of carbonyl (C=O) groups is 1. The molecule has 0 aromatic heterocycles. The third-order valence-corrected chi connectivity index (χ3v) is 4.15. The van der Waals surface area contributed by atoms with Crippen LogP contribution in [0.25, 0.3) is 0 Å². The van der Waals surface area contributed by atoms with Gasteiger partial charge in [-0.25, -0.2) is 0 Å². The molecule has 1 saturated heterocycles. The number of carbonyl (C=O) groups excluding carboxylic acids is 1. The molecule has 0 bridgehead atoms. The number of ether oxygens (including phenoxy) is 2. The van der Waals surface area contributed by atoms with Crippen LogP contribution in [0, 0.1) is 0 Å². The van der Waals surface area contributed by atoms with Gasteiger partial charge in [0.25, 0.3) is 0 Å². The normalized spacial score (nSPS) is 20.4. The van der Waals surface area contributed by atoms with Crippen molar-refractivity contribution in [2.75, 3.05) is 7.11 Å². The van der Waals surface area contributed by atoms with Crippen molar-refractivity contribution >= 4 is 5.97 Å². The maximum absolute atomic E-state index is 11.0. The van der Waals surface area contributed by atoms with Crippen molar-refractivity contribution in [3.63, 3.8) is 0 Å². The molecule has 1 aliphatic rings. The lowest BCUT2D eigenvalue weighted by atomic mass is 10.1. The van der Waals surface area contributed by atoms with Gasteiger partial charge in [-0.2, -0.15) is 0 Å². The van der Waals surface area contributed by atoms with Crippen molar-refractivity contribution in [3.8, 4) is 0 Å². The van der Waals surface area contributed by atoms with Crippen molar-refractivity contribution in [3.05, 3.63) is 36.5 Å². The lowest BCUT2D eigenvalue weighted by Gasteiger charge is -1.95. The van der Waals surface area contributed by atoms with Gasteiger partial charge in [0.05, 0.1) is 19.3 Å². The van der Waals surface area contributed by atoms with Crippen LogP contribution in [0.15, 0.2) is 36.5 Å². The second-order valence-electron chi connectivity index (χ2n) is 6.30. The SMILES string of the molecule is CCCCC/C=C/C/C=C/C[C@@H]1O[C@@H]1C/C=C\CCCC(=O)OC. The van der Waals surface area contributed by atoms with Gasteiger partial charge in [-0.1, -0.05) is 56.2 Å². The molecule has 0 aliphatic carbocycles. The van der Waals surface area contributed by atoms with E-state index in [1.165, 1.54) is 32.8 Å². The fourth-order valence-electron chi connectivity index (χ4n) is 2.54. The minimum absolute atomic E-state index is 0.128. The van der Waals surface area contributed by atoms with Gasteiger partial charge < -0.3 is 9.47 Å². The average Bonchev–Trinajstić information content (AvgIpc) is 3.34. The molecule has 1 heterocycles. The third-order valence-electron chi connectivity index (χ3n) is 4.15. The number of allylic oxidation sites excluding steroid dienone is 4. The predicted molar refractivity (Wildman–Crippen MR) is 99.9 cm³/mol. The Morgan fingerprint density at radius 3 is 2.25 bits per heavy atom. The molecule has 2 atom stereocenters. The maximum Gasteiger partial charge on any atom is 0.305 e. The second kappa shape index (κ2) is 14.0. The highest BCUT2D eigenvalue weighted by atomic mass is 16.6. The lowest BCUT2D eigenvalue weighted by molar-refractivity contribution is -0.140. The van der Waals surface area contributed by atoms with Crippen LogP contribution < -0.4 is 0 Å². The van der Waals surface area contributed by atoms with Crippen LogP contribution in [0.4, 0.5) is 0 Å². The van der Waals surface area contributed by atoms with Gasteiger partial charge in [-0.3, -0.25) is 4.79 Å². The van der Waals surface area contributed by atoms with Gasteiger partial charge in [-0.05, 0) is 44.9 Å². The summed E-state index contributed by atoms with van der Waals surface area (Å²) in [5.41, 5.74) is 0. The Labute approximate surface area is 147 Å². The molecular weight excluding hydrogens is 300 g/mol. The highest BCUT2D eigenvalue weighted by Gasteiger charge is 2.35. The van der Waals surface area contributed by atoms with Gasteiger partial charge in [0.1, 0.15) is 0 Å². The molecule has 1 fully saturated rings. The topological polar surface area (TPSA) is 38.8 Å². The molecule has 0 amide bonds. The first-order chi connectivity index (χ1) is 11.8. The highest BCUT2D eigenvalue weighted by molar-refractivity contribution is 5.69. The molecule has 0 aromatic carbocycles. The maximum atomic E-state index is 11.0. The van der Waals surface area contributed by atoms with E-state index in [1.54, 1.807) is 0 Å². The van der Waals surface area contributed by atoms with Gasteiger partial charge in [0.15, 0.2) is 0 Å². The van der Waals surface area contributed by atoms with E-state index in [4.69, 9.17) is 4.74 Å². The number of epoxide rings is 1. The number of hydrogen-bond acceptors (Lipinski definition) is 3. The number of esters is 1. The van der Waals surface area contributed by atoms with Crippen LogP contribution in [0.1, 0.15) is 71.1 Å². The third kappa shape index (κ3) is 11.2. The summed E-state index contributed by atoms with van der Waals surface area (Å²) in [7, 11) is 1.43. The smallest absolute Gasteiger partial charge is 0.305 e. The van der Waals surface area contributed by atoms with Gasteiger partial charge >= 0.3 is 5.97 Å². The van der Waals surface area contributed by atoms with E-state index in [1.807, 2.05) is 0 Å². The Kier molecular flexibility index (Phi) is 12.1. The summed E-state index contributed by atoms with van der Waals surface area (Å²) in [5.74, 6) is -0.128. The van der Waals surface area contributed by atoms with Crippen molar-refractivity contribution in [1.82, 2.24) is 0 Å². The van der Waals surface area contributed by atoms with E-state index in [-0.39, 0.29) is 5.97 Å². The molecule has 0 spiro atoms. The molecule has 0 unspecified atom stereocenters. The Bertz CT molecular complexity index is 409. The van der Waals surface area contributed by atoms with Crippen LogP contribution in [0.2, 0.25) is 0 Å². The predicted octanol–water partition coefficient (Wildman–Crippen LogP) is 5.52. The summed E-state index contributed by atoms with van der Waals surface area (Å²) >= 11 is 0. The van der Waals surface area contributed by atoms with E-state index in [2.05, 4.69) is 48.1 Å². The summed E-state index contributed by atoms with van der Waals surface area (Å²) < 4.78 is 10.3. The first kappa shape index (κ1) is 20.7. The second-order valence-corrected chi connectivity index (χ2v) is 6.30. The number of unbranched alkanes of at least 4 members (excludes halogenated alkanes) is 4. The minimum atomic E-state index is -0.128. The zero-order valence-corrected chi connectivity index (χ0v) is 15.4. The summed E-state index contributed by atoms with van der Waals surface area (Å²) in [5, 5.41) is 0.